The number of ether oxygens (including phenoxy) is 1. The minimum atomic E-state index is -0.673. The van der Waals surface area contributed by atoms with E-state index < -0.39 is 4.75 Å². The Bertz CT molecular complexity index is 419. The Labute approximate surface area is 116 Å². The summed E-state index contributed by atoms with van der Waals surface area (Å²) >= 11 is 13.2. The Morgan fingerprint density at radius 1 is 1.41 bits per heavy atom. The van der Waals surface area contributed by atoms with Crippen LogP contribution < -0.4 is 0 Å². The van der Waals surface area contributed by atoms with E-state index in [0.29, 0.717) is 16.7 Å². The zero-order valence-corrected chi connectivity index (χ0v) is 12.2. The molecule has 2 nitrogen and oxygen atoms in total. The Hall–Kier alpha value is -0.380. The number of hydrogen-bond donors (Lipinski definition) is 0. The summed E-state index contributed by atoms with van der Waals surface area (Å²) in [7, 11) is 0. The van der Waals surface area contributed by atoms with Crippen LogP contribution >= 0.6 is 35.0 Å². The van der Waals surface area contributed by atoms with E-state index in [4.69, 9.17) is 27.9 Å². The van der Waals surface area contributed by atoms with Crippen LogP contribution in [0.4, 0.5) is 0 Å². The van der Waals surface area contributed by atoms with Crippen LogP contribution in [0, 0.1) is 0 Å². The highest BCUT2D eigenvalue weighted by molar-refractivity contribution is 8.01. The van der Waals surface area contributed by atoms with Gasteiger partial charge in [0.15, 0.2) is 0 Å². The molecule has 1 aromatic carbocycles. The van der Waals surface area contributed by atoms with Crippen molar-refractivity contribution in [2.24, 2.45) is 0 Å². The molecule has 0 bridgehead atoms. The van der Waals surface area contributed by atoms with Crippen LogP contribution in [0.15, 0.2) is 23.1 Å². The third-order valence-electron chi connectivity index (χ3n) is 2.03. The van der Waals surface area contributed by atoms with Crippen molar-refractivity contribution in [1.82, 2.24) is 0 Å². The molecule has 94 valence electrons. The van der Waals surface area contributed by atoms with Crippen molar-refractivity contribution >= 4 is 40.9 Å². The number of carbonyl (C=O) groups excluding carboxylic acids is 1. The zero-order chi connectivity index (χ0) is 13.1. The first-order chi connectivity index (χ1) is 7.86. The molecule has 0 spiro atoms. The molecule has 0 heterocycles. The highest BCUT2D eigenvalue weighted by Crippen LogP contribution is 2.38. The van der Waals surface area contributed by atoms with Crippen LogP contribution in [0.5, 0.6) is 0 Å². The maximum absolute atomic E-state index is 11.7. The Morgan fingerprint density at radius 2 is 2.06 bits per heavy atom. The average Bonchev–Trinajstić information content (AvgIpc) is 2.22. The van der Waals surface area contributed by atoms with Gasteiger partial charge in [0.2, 0.25) is 0 Å². The van der Waals surface area contributed by atoms with Crippen molar-refractivity contribution < 1.29 is 9.53 Å². The maximum Gasteiger partial charge on any atom is 0.321 e. The fraction of sp³-hybridized carbons (Fsp3) is 0.417. The molecule has 0 saturated carbocycles. The molecule has 0 aromatic heterocycles. The summed E-state index contributed by atoms with van der Waals surface area (Å²) < 4.78 is 4.34. The van der Waals surface area contributed by atoms with E-state index in [1.54, 1.807) is 39.0 Å². The van der Waals surface area contributed by atoms with E-state index in [1.807, 2.05) is 0 Å². The van der Waals surface area contributed by atoms with Gasteiger partial charge < -0.3 is 4.74 Å². The van der Waals surface area contributed by atoms with Crippen molar-refractivity contribution in [2.45, 2.75) is 30.4 Å². The van der Waals surface area contributed by atoms with Gasteiger partial charge in [0.05, 0.1) is 11.6 Å². The molecule has 0 aliphatic heterocycles. The smallest absolute Gasteiger partial charge is 0.321 e. The molecule has 1 rings (SSSR count). The van der Waals surface area contributed by atoms with Gasteiger partial charge in [-0.05, 0) is 39.0 Å². The molecule has 0 fully saturated rings. The number of rotatable bonds is 4. The molecule has 0 aliphatic rings. The van der Waals surface area contributed by atoms with Gasteiger partial charge in [0.1, 0.15) is 4.75 Å². The van der Waals surface area contributed by atoms with Crippen molar-refractivity contribution in [1.29, 1.82) is 0 Å². The third-order valence-corrected chi connectivity index (χ3v) is 3.94. The van der Waals surface area contributed by atoms with Crippen LogP contribution in [0.2, 0.25) is 10.0 Å². The summed E-state index contributed by atoms with van der Waals surface area (Å²) in [5, 5.41) is 1.12. The van der Waals surface area contributed by atoms with Gasteiger partial charge in [0, 0.05) is 9.92 Å². The highest BCUT2D eigenvalue weighted by Gasteiger charge is 2.31. The molecule has 0 radical (unpaired) electrons. The molecule has 0 saturated heterocycles. The number of esters is 1. The molecule has 0 N–H and O–H groups in total. The van der Waals surface area contributed by atoms with E-state index in [-0.39, 0.29) is 5.97 Å². The first-order valence-electron chi connectivity index (χ1n) is 5.18. The second-order valence-electron chi connectivity index (χ2n) is 3.91. The lowest BCUT2D eigenvalue weighted by molar-refractivity contribution is -0.145. The van der Waals surface area contributed by atoms with E-state index >= 15 is 0 Å². The van der Waals surface area contributed by atoms with E-state index in [0.717, 1.165) is 4.90 Å². The van der Waals surface area contributed by atoms with Gasteiger partial charge in [0.25, 0.3) is 0 Å². The van der Waals surface area contributed by atoms with Crippen molar-refractivity contribution in [2.75, 3.05) is 6.61 Å². The number of halogens is 2. The van der Waals surface area contributed by atoms with Gasteiger partial charge in [-0.2, -0.15) is 0 Å². The van der Waals surface area contributed by atoms with Gasteiger partial charge in [-0.15, -0.1) is 11.8 Å². The lowest BCUT2D eigenvalue weighted by atomic mass is 10.2. The van der Waals surface area contributed by atoms with Crippen LogP contribution in [0.1, 0.15) is 20.8 Å². The van der Waals surface area contributed by atoms with Gasteiger partial charge in [-0.3, -0.25) is 4.79 Å². The standard InChI is InChI=1S/C12H14Cl2O2S/c1-4-16-11(15)12(2,3)17-10-6-5-8(13)7-9(10)14/h5-7H,4H2,1-3H3. The third kappa shape index (κ3) is 4.09. The Kier molecular flexibility index (Phi) is 5.17. The topological polar surface area (TPSA) is 26.3 Å². The summed E-state index contributed by atoms with van der Waals surface area (Å²) in [6.45, 7) is 5.77. The predicted octanol–water partition coefficient (Wildman–Crippen LogP) is 4.43. The van der Waals surface area contributed by atoms with Gasteiger partial charge in [-0.25, -0.2) is 0 Å². The molecule has 5 heteroatoms. The number of hydrogen-bond acceptors (Lipinski definition) is 3. The second-order valence-corrected chi connectivity index (χ2v) is 6.42. The highest BCUT2D eigenvalue weighted by atomic mass is 35.5. The minimum absolute atomic E-state index is 0.254. The molecule has 1 aromatic rings. The number of benzene rings is 1. The lowest BCUT2D eigenvalue weighted by Gasteiger charge is -2.22. The molecule has 0 amide bonds. The van der Waals surface area contributed by atoms with E-state index in [1.165, 1.54) is 11.8 Å². The number of carbonyl (C=O) groups is 1. The van der Waals surface area contributed by atoms with Crippen LogP contribution in [-0.4, -0.2) is 17.3 Å². The quantitative estimate of drug-likeness (QED) is 0.607. The average molecular weight is 293 g/mol. The van der Waals surface area contributed by atoms with Crippen molar-refractivity contribution in [3.8, 4) is 0 Å². The first kappa shape index (κ1) is 14.7. The molecule has 17 heavy (non-hydrogen) atoms. The first-order valence-corrected chi connectivity index (χ1v) is 6.75. The second kappa shape index (κ2) is 5.98. The summed E-state index contributed by atoms with van der Waals surface area (Å²) in [5.74, 6) is -0.254. The van der Waals surface area contributed by atoms with E-state index in [2.05, 4.69) is 0 Å². The summed E-state index contributed by atoms with van der Waals surface area (Å²) in [6.07, 6.45) is 0. The Balaban J connectivity index is 2.86. The summed E-state index contributed by atoms with van der Waals surface area (Å²) in [6, 6.07) is 5.21. The van der Waals surface area contributed by atoms with Crippen LogP contribution in [-0.2, 0) is 9.53 Å². The SMILES string of the molecule is CCOC(=O)C(C)(C)Sc1ccc(Cl)cc1Cl. The number of thioether (sulfide) groups is 1. The minimum Gasteiger partial charge on any atom is -0.465 e. The Morgan fingerprint density at radius 3 is 2.59 bits per heavy atom. The zero-order valence-electron chi connectivity index (χ0n) is 9.92. The molecular formula is C12H14Cl2O2S. The van der Waals surface area contributed by atoms with Crippen molar-refractivity contribution in [3.63, 3.8) is 0 Å². The van der Waals surface area contributed by atoms with Crippen LogP contribution in [0.3, 0.4) is 0 Å². The lowest BCUT2D eigenvalue weighted by Crippen LogP contribution is -2.29. The molecule has 0 unspecified atom stereocenters. The van der Waals surface area contributed by atoms with E-state index in [9.17, 15) is 4.79 Å². The fourth-order valence-corrected chi connectivity index (χ4v) is 2.69. The monoisotopic (exact) mass is 292 g/mol. The molecular weight excluding hydrogens is 279 g/mol. The fourth-order valence-electron chi connectivity index (χ4n) is 1.18. The normalized spacial score (nSPS) is 11.4. The predicted molar refractivity (Wildman–Crippen MR) is 73.0 cm³/mol. The summed E-state index contributed by atoms with van der Waals surface area (Å²) in [4.78, 5) is 12.5. The molecule has 0 atom stereocenters. The van der Waals surface area contributed by atoms with Gasteiger partial charge in [-0.1, -0.05) is 23.2 Å². The molecule has 0 aliphatic carbocycles. The van der Waals surface area contributed by atoms with Crippen LogP contribution in [0.25, 0.3) is 0 Å². The maximum atomic E-state index is 11.7. The largest absolute Gasteiger partial charge is 0.465 e. The summed E-state index contributed by atoms with van der Waals surface area (Å²) in [5.41, 5.74) is 0. The van der Waals surface area contributed by atoms with Gasteiger partial charge >= 0.3 is 5.97 Å². The van der Waals surface area contributed by atoms with Crippen molar-refractivity contribution in [3.05, 3.63) is 28.2 Å².